The molecule has 2 saturated carbocycles. The number of carbonyl (C=O) groups is 2. The van der Waals surface area contributed by atoms with Crippen LogP contribution in [0.25, 0.3) is 0 Å². The second kappa shape index (κ2) is 8.08. The molecule has 2 aliphatic heterocycles. The Hall–Kier alpha value is -2.31. The molecule has 2 aliphatic carbocycles. The van der Waals surface area contributed by atoms with E-state index < -0.39 is 0 Å². The van der Waals surface area contributed by atoms with Gasteiger partial charge in [-0.05, 0) is 56.1 Å². The van der Waals surface area contributed by atoms with Crippen molar-refractivity contribution in [2.75, 3.05) is 13.1 Å². The average Bonchev–Trinajstić information content (AvgIpc) is 3.52. The highest BCUT2D eigenvalue weighted by atomic mass is 16.6. The lowest BCUT2D eigenvalue weighted by Crippen LogP contribution is -2.50. The van der Waals surface area contributed by atoms with Crippen molar-refractivity contribution in [1.29, 1.82) is 0 Å². The van der Waals surface area contributed by atoms with Crippen LogP contribution in [0.5, 0.6) is 0 Å². The van der Waals surface area contributed by atoms with Gasteiger partial charge in [-0.15, -0.1) is 0 Å². The summed E-state index contributed by atoms with van der Waals surface area (Å²) < 4.78 is 5.30. The van der Waals surface area contributed by atoms with E-state index in [9.17, 15) is 9.59 Å². The molecule has 2 amide bonds. The molecular formula is C23H31N3O4. The summed E-state index contributed by atoms with van der Waals surface area (Å²) in [5.74, 6) is 1.16. The maximum absolute atomic E-state index is 13.0. The fourth-order valence-electron chi connectivity index (χ4n) is 6.10. The number of furan rings is 1. The highest BCUT2D eigenvalue weighted by Gasteiger charge is 2.57. The summed E-state index contributed by atoms with van der Waals surface area (Å²) >= 11 is 0. The second-order valence-electron chi connectivity index (χ2n) is 9.42. The maximum Gasteiger partial charge on any atom is 0.269 e. The fourth-order valence-corrected chi connectivity index (χ4v) is 6.10. The third kappa shape index (κ3) is 3.52. The van der Waals surface area contributed by atoms with E-state index in [0.29, 0.717) is 18.2 Å². The van der Waals surface area contributed by atoms with Crippen LogP contribution in [-0.4, -0.2) is 41.6 Å². The molecule has 7 nitrogen and oxygen atoms in total. The number of fused-ring (bicyclic) bond motifs is 2. The Balaban J connectivity index is 1.22. The van der Waals surface area contributed by atoms with Gasteiger partial charge in [-0.3, -0.25) is 9.59 Å². The van der Waals surface area contributed by atoms with Crippen LogP contribution in [0.1, 0.15) is 63.5 Å². The average molecular weight is 414 g/mol. The van der Waals surface area contributed by atoms with Crippen LogP contribution in [0.4, 0.5) is 0 Å². The van der Waals surface area contributed by atoms with Gasteiger partial charge in [0.25, 0.3) is 5.91 Å². The van der Waals surface area contributed by atoms with E-state index in [0.717, 1.165) is 57.4 Å². The first-order chi connectivity index (χ1) is 14.7. The first-order valence-electron chi connectivity index (χ1n) is 11.5. The van der Waals surface area contributed by atoms with E-state index in [-0.39, 0.29) is 29.3 Å². The molecule has 1 N–H and O–H groups in total. The van der Waals surface area contributed by atoms with E-state index in [1.165, 1.54) is 19.3 Å². The molecule has 5 rings (SSSR count). The number of nitrogens with zero attached hydrogens (tertiary/aromatic N) is 2. The smallest absolute Gasteiger partial charge is 0.269 e. The largest absolute Gasteiger partial charge is 0.467 e. The number of rotatable bonds is 4. The van der Waals surface area contributed by atoms with Crippen LogP contribution in [0.2, 0.25) is 0 Å². The number of likely N-dealkylation sites (tertiary alicyclic amines) is 1. The normalized spacial score (nSPS) is 28.1. The van der Waals surface area contributed by atoms with E-state index in [4.69, 9.17) is 9.25 Å². The summed E-state index contributed by atoms with van der Waals surface area (Å²) in [4.78, 5) is 33.6. The van der Waals surface area contributed by atoms with Crippen molar-refractivity contribution in [2.24, 2.45) is 22.4 Å². The van der Waals surface area contributed by atoms with E-state index in [1.54, 1.807) is 6.26 Å². The first-order valence-corrected chi connectivity index (χ1v) is 11.5. The molecule has 1 aromatic heterocycles. The van der Waals surface area contributed by atoms with E-state index in [1.807, 2.05) is 12.1 Å². The lowest BCUT2D eigenvalue weighted by Gasteiger charge is -2.43. The van der Waals surface area contributed by atoms with Gasteiger partial charge in [0.2, 0.25) is 5.91 Å². The summed E-state index contributed by atoms with van der Waals surface area (Å²) in [6.07, 6.45) is 11.2. The van der Waals surface area contributed by atoms with Crippen molar-refractivity contribution in [3.8, 4) is 0 Å². The van der Waals surface area contributed by atoms with Gasteiger partial charge < -0.3 is 19.5 Å². The Bertz CT molecular complexity index is 804. The van der Waals surface area contributed by atoms with Crippen molar-refractivity contribution in [2.45, 2.75) is 70.4 Å². The Labute approximate surface area is 177 Å². The Morgan fingerprint density at radius 3 is 2.67 bits per heavy atom. The van der Waals surface area contributed by atoms with Crippen molar-refractivity contribution in [3.63, 3.8) is 0 Å². The predicted molar refractivity (Wildman–Crippen MR) is 110 cm³/mol. The topological polar surface area (TPSA) is 84.1 Å². The summed E-state index contributed by atoms with van der Waals surface area (Å²) in [5.41, 5.74) is 0.543. The molecule has 1 saturated heterocycles. The van der Waals surface area contributed by atoms with Gasteiger partial charge in [0.15, 0.2) is 5.71 Å². The van der Waals surface area contributed by atoms with Crippen LogP contribution in [0.3, 0.4) is 0 Å². The molecule has 162 valence electrons. The number of oxime groups is 1. The zero-order chi connectivity index (χ0) is 20.6. The summed E-state index contributed by atoms with van der Waals surface area (Å²) in [5, 5.41) is 7.11. The Morgan fingerprint density at radius 2 is 1.93 bits per heavy atom. The van der Waals surface area contributed by atoms with Crippen molar-refractivity contribution in [1.82, 2.24) is 10.2 Å². The molecule has 4 aliphatic rings. The monoisotopic (exact) mass is 413 g/mol. The number of hydrogen-bond donors (Lipinski definition) is 1. The maximum atomic E-state index is 13.0. The third-order valence-electron chi connectivity index (χ3n) is 7.80. The Morgan fingerprint density at radius 1 is 1.13 bits per heavy atom. The molecule has 0 unspecified atom stereocenters. The molecule has 3 fully saturated rings. The lowest BCUT2D eigenvalue weighted by molar-refractivity contribution is -0.139. The fraction of sp³-hybridized carbons (Fsp3) is 0.696. The van der Waals surface area contributed by atoms with Gasteiger partial charge >= 0.3 is 0 Å². The lowest BCUT2D eigenvalue weighted by atomic mass is 9.68. The summed E-state index contributed by atoms with van der Waals surface area (Å²) in [7, 11) is 0. The standard InChI is InChI=1S/C23H31N3O4/c27-21(24-15-17-7-4-14-29-17)20-19-18(30-25-20)8-9-23(19)10-12-26(13-11-23)22(28)16-5-2-1-3-6-16/h4,7,14,16,18-19H,1-3,5-6,8-13,15H2,(H,24,27)/t18-,19+/m0/s1. The number of nitrogens with one attached hydrogen (secondary N) is 1. The zero-order valence-corrected chi connectivity index (χ0v) is 17.5. The van der Waals surface area contributed by atoms with Crippen LogP contribution >= 0.6 is 0 Å². The molecule has 1 spiro atoms. The van der Waals surface area contributed by atoms with Gasteiger partial charge in [-0.2, -0.15) is 0 Å². The molecule has 0 aromatic carbocycles. The van der Waals surface area contributed by atoms with Crippen LogP contribution in [0, 0.1) is 17.3 Å². The first kappa shape index (κ1) is 19.6. The SMILES string of the molecule is O=C(NCc1ccco1)C1=NO[C@H]2CCC3(CCN(C(=O)C4CCCCC4)CC3)[C@@H]12. The van der Waals surface area contributed by atoms with Gasteiger partial charge in [-0.25, -0.2) is 0 Å². The minimum Gasteiger partial charge on any atom is -0.467 e. The number of carbonyl (C=O) groups excluding carboxylic acids is 2. The van der Waals surface area contributed by atoms with Crippen LogP contribution in [-0.2, 0) is 21.0 Å². The van der Waals surface area contributed by atoms with E-state index >= 15 is 0 Å². The minimum absolute atomic E-state index is 0.00467. The highest BCUT2D eigenvalue weighted by molar-refractivity contribution is 6.40. The molecule has 2 atom stereocenters. The third-order valence-corrected chi connectivity index (χ3v) is 7.80. The number of piperidine rings is 1. The molecule has 3 heterocycles. The van der Waals surface area contributed by atoms with Gasteiger partial charge in [-0.1, -0.05) is 24.4 Å². The number of hydrogen-bond acceptors (Lipinski definition) is 5. The molecule has 0 bridgehead atoms. The van der Waals surface area contributed by atoms with Gasteiger partial charge in [0.05, 0.1) is 18.7 Å². The molecule has 30 heavy (non-hydrogen) atoms. The van der Waals surface area contributed by atoms with Crippen LogP contribution in [0.15, 0.2) is 28.0 Å². The summed E-state index contributed by atoms with van der Waals surface area (Å²) in [6.45, 7) is 1.93. The molecule has 7 heteroatoms. The number of amides is 2. The van der Waals surface area contributed by atoms with Crippen molar-refractivity contribution >= 4 is 17.5 Å². The second-order valence-corrected chi connectivity index (χ2v) is 9.42. The van der Waals surface area contributed by atoms with E-state index in [2.05, 4.69) is 15.4 Å². The summed E-state index contributed by atoms with van der Waals surface area (Å²) in [6, 6.07) is 3.65. The predicted octanol–water partition coefficient (Wildman–Crippen LogP) is 3.25. The molecular weight excluding hydrogens is 382 g/mol. The van der Waals surface area contributed by atoms with Crippen molar-refractivity contribution < 1.29 is 18.8 Å². The van der Waals surface area contributed by atoms with Gasteiger partial charge in [0.1, 0.15) is 11.9 Å². The Kier molecular flexibility index (Phi) is 5.29. The quantitative estimate of drug-likeness (QED) is 0.821. The molecule has 1 aromatic rings. The van der Waals surface area contributed by atoms with Crippen LogP contribution < -0.4 is 5.32 Å². The molecule has 0 radical (unpaired) electrons. The highest BCUT2D eigenvalue weighted by Crippen LogP contribution is 2.54. The minimum atomic E-state index is -0.166. The van der Waals surface area contributed by atoms with Crippen molar-refractivity contribution in [3.05, 3.63) is 24.2 Å². The van der Waals surface area contributed by atoms with Gasteiger partial charge in [0, 0.05) is 19.0 Å². The zero-order valence-electron chi connectivity index (χ0n) is 17.5.